The second kappa shape index (κ2) is 8.95. The molecule has 0 bridgehead atoms. The van der Waals surface area contributed by atoms with Crippen molar-refractivity contribution in [3.63, 3.8) is 0 Å². The second-order valence-electron chi connectivity index (χ2n) is 11.5. The molecule has 5 atom stereocenters. The van der Waals surface area contributed by atoms with Gasteiger partial charge in [0.15, 0.2) is 6.04 Å². The van der Waals surface area contributed by atoms with E-state index in [-0.39, 0.29) is 29.5 Å². The van der Waals surface area contributed by atoms with Gasteiger partial charge in [-0.1, -0.05) is 34.6 Å². The summed E-state index contributed by atoms with van der Waals surface area (Å²) in [7, 11) is 0. The van der Waals surface area contributed by atoms with Crippen LogP contribution in [-0.4, -0.2) is 68.2 Å². The average molecular weight is 538 g/mol. The van der Waals surface area contributed by atoms with E-state index < -0.39 is 53.3 Å². The molecule has 1 saturated carbocycles. The standard InChI is InChI=1S/C24H30F3N7O4/c1-22(2,3)17(31-21(38)24(25,26)27)20(37)33-10-12-14(23(12,4)5)16(33)19(36)30-15(18(28)35)13-7-6-11-8-9-29-34(11)32-13/h6-9,12,14-17H,10H2,1-5H3,(H2,28,35)(H,30,36)(H,31,38)/t12-,14-,15?,16-,17+/m0/s1. The van der Waals surface area contributed by atoms with Gasteiger partial charge in [0.25, 0.3) is 0 Å². The highest BCUT2D eigenvalue weighted by atomic mass is 19.4. The number of primary amides is 1. The summed E-state index contributed by atoms with van der Waals surface area (Å²) in [5, 5.41) is 12.6. The minimum absolute atomic E-state index is 0.0910. The minimum atomic E-state index is -5.19. The van der Waals surface area contributed by atoms with Crippen molar-refractivity contribution in [1.29, 1.82) is 0 Å². The molecule has 4 amide bonds. The van der Waals surface area contributed by atoms with Crippen LogP contribution in [0.25, 0.3) is 5.52 Å². The summed E-state index contributed by atoms with van der Waals surface area (Å²) in [6.07, 6.45) is -3.68. The largest absolute Gasteiger partial charge is 0.471 e. The molecule has 0 aromatic carbocycles. The molecule has 2 aromatic rings. The first kappa shape index (κ1) is 27.3. The van der Waals surface area contributed by atoms with E-state index in [2.05, 4.69) is 15.5 Å². The number of piperidine rings is 1. The third-order valence-electron chi connectivity index (χ3n) is 7.56. The lowest BCUT2D eigenvalue weighted by Crippen LogP contribution is -2.61. The van der Waals surface area contributed by atoms with E-state index in [4.69, 9.17) is 5.73 Å². The number of carbonyl (C=O) groups excluding carboxylic acids is 4. The Labute approximate surface area is 216 Å². The van der Waals surface area contributed by atoms with Crippen molar-refractivity contribution >= 4 is 29.1 Å². The maximum atomic E-state index is 13.6. The Morgan fingerprint density at radius 1 is 1.11 bits per heavy atom. The van der Waals surface area contributed by atoms with Crippen molar-refractivity contribution < 1.29 is 32.3 Å². The number of fused-ring (bicyclic) bond motifs is 2. The molecule has 2 aromatic heterocycles. The molecule has 2 fully saturated rings. The molecule has 206 valence electrons. The number of carbonyl (C=O) groups is 4. The molecule has 4 rings (SSSR count). The van der Waals surface area contributed by atoms with E-state index in [0.29, 0.717) is 5.52 Å². The van der Waals surface area contributed by atoms with Crippen LogP contribution in [0.1, 0.15) is 46.4 Å². The highest BCUT2D eigenvalue weighted by Crippen LogP contribution is 2.65. The number of hydrogen-bond donors (Lipinski definition) is 3. The van der Waals surface area contributed by atoms with Gasteiger partial charge in [0, 0.05) is 6.54 Å². The van der Waals surface area contributed by atoms with Crippen LogP contribution >= 0.6 is 0 Å². The second-order valence-corrected chi connectivity index (χ2v) is 11.5. The summed E-state index contributed by atoms with van der Waals surface area (Å²) in [4.78, 5) is 52.5. The van der Waals surface area contributed by atoms with E-state index in [1.807, 2.05) is 13.8 Å². The van der Waals surface area contributed by atoms with Gasteiger partial charge in [-0.2, -0.15) is 28.0 Å². The number of nitrogens with two attached hydrogens (primary N) is 1. The van der Waals surface area contributed by atoms with Crippen LogP contribution in [0.15, 0.2) is 24.4 Å². The van der Waals surface area contributed by atoms with Crippen molar-refractivity contribution in [2.75, 3.05) is 6.54 Å². The van der Waals surface area contributed by atoms with Crippen LogP contribution in [0.2, 0.25) is 0 Å². The van der Waals surface area contributed by atoms with Crippen LogP contribution in [0, 0.1) is 22.7 Å². The molecular formula is C24H30F3N7O4. The molecule has 1 saturated heterocycles. The normalized spacial score (nSPS) is 23.9. The number of amides is 4. The SMILES string of the molecule is CC(C)(C)[C@H](NC(=O)C(F)(F)F)C(=O)N1C[C@H]2[C@@H]([C@H]1C(=O)NC(C(N)=O)c1ccc3ccnn3n1)C2(C)C. The van der Waals surface area contributed by atoms with Crippen molar-refractivity contribution in [1.82, 2.24) is 30.4 Å². The Morgan fingerprint density at radius 3 is 2.34 bits per heavy atom. The molecule has 11 nitrogen and oxygen atoms in total. The highest BCUT2D eigenvalue weighted by molar-refractivity contribution is 5.96. The topological polar surface area (TPSA) is 152 Å². The number of nitrogens with zero attached hydrogens (tertiary/aromatic N) is 4. The van der Waals surface area contributed by atoms with Crippen molar-refractivity contribution in [2.45, 2.75) is 58.9 Å². The van der Waals surface area contributed by atoms with Crippen molar-refractivity contribution in [3.8, 4) is 0 Å². The van der Waals surface area contributed by atoms with Gasteiger partial charge in [0.2, 0.25) is 17.7 Å². The Kier molecular flexibility index (Phi) is 6.43. The third kappa shape index (κ3) is 4.78. The number of nitrogens with one attached hydrogen (secondary N) is 2. The number of hydrogen-bond acceptors (Lipinski definition) is 6. The monoisotopic (exact) mass is 537 g/mol. The number of rotatable bonds is 6. The van der Waals surface area contributed by atoms with Gasteiger partial charge in [0.1, 0.15) is 12.1 Å². The van der Waals surface area contributed by atoms with Gasteiger partial charge in [-0.3, -0.25) is 19.2 Å². The zero-order chi connectivity index (χ0) is 28.4. The van der Waals surface area contributed by atoms with E-state index in [9.17, 15) is 32.3 Å². The Bertz CT molecular complexity index is 1300. The zero-order valence-corrected chi connectivity index (χ0v) is 21.5. The molecule has 0 radical (unpaired) electrons. The molecule has 0 spiro atoms. The lowest BCUT2D eigenvalue weighted by molar-refractivity contribution is -0.176. The van der Waals surface area contributed by atoms with Crippen LogP contribution in [0.3, 0.4) is 0 Å². The summed E-state index contributed by atoms with van der Waals surface area (Å²) in [5.41, 5.74) is 4.92. The Balaban J connectivity index is 1.62. The fourth-order valence-electron chi connectivity index (χ4n) is 5.34. The predicted octanol–water partition coefficient (Wildman–Crippen LogP) is 0.948. The molecular weight excluding hydrogens is 507 g/mol. The lowest BCUT2D eigenvalue weighted by atomic mass is 9.85. The van der Waals surface area contributed by atoms with Gasteiger partial charge in [-0.15, -0.1) is 0 Å². The van der Waals surface area contributed by atoms with Crippen LogP contribution in [0.5, 0.6) is 0 Å². The third-order valence-corrected chi connectivity index (χ3v) is 7.56. The summed E-state index contributed by atoms with van der Waals surface area (Å²) < 4.78 is 40.3. The zero-order valence-electron chi connectivity index (χ0n) is 21.5. The molecule has 1 unspecified atom stereocenters. The first-order valence-corrected chi connectivity index (χ1v) is 12.0. The van der Waals surface area contributed by atoms with E-state index in [1.165, 1.54) is 42.6 Å². The molecule has 1 aliphatic carbocycles. The summed E-state index contributed by atoms with van der Waals surface area (Å²) in [6.45, 7) is 8.51. The lowest BCUT2D eigenvalue weighted by Gasteiger charge is -2.37. The molecule has 14 heteroatoms. The molecule has 38 heavy (non-hydrogen) atoms. The maximum absolute atomic E-state index is 13.6. The van der Waals surface area contributed by atoms with Crippen LogP contribution in [0.4, 0.5) is 13.2 Å². The van der Waals surface area contributed by atoms with Crippen LogP contribution < -0.4 is 16.4 Å². The van der Waals surface area contributed by atoms with Crippen molar-refractivity contribution in [2.24, 2.45) is 28.4 Å². The Morgan fingerprint density at radius 2 is 1.76 bits per heavy atom. The fourth-order valence-corrected chi connectivity index (χ4v) is 5.34. The average Bonchev–Trinajstić information content (AvgIpc) is 3.21. The number of alkyl halides is 3. The minimum Gasteiger partial charge on any atom is -0.368 e. The summed E-state index contributed by atoms with van der Waals surface area (Å²) >= 11 is 0. The molecule has 4 N–H and O–H groups in total. The van der Waals surface area contributed by atoms with Crippen molar-refractivity contribution in [3.05, 3.63) is 30.1 Å². The summed E-state index contributed by atoms with van der Waals surface area (Å²) in [5.74, 6) is -5.05. The van der Waals surface area contributed by atoms with Crippen LogP contribution in [-0.2, 0) is 19.2 Å². The number of halogens is 3. The number of likely N-dealkylation sites (tertiary alicyclic amines) is 1. The first-order valence-electron chi connectivity index (χ1n) is 12.0. The highest BCUT2D eigenvalue weighted by Gasteiger charge is 2.70. The fraction of sp³-hybridized carbons (Fsp3) is 0.583. The van der Waals surface area contributed by atoms with E-state index in [1.54, 1.807) is 17.4 Å². The number of aromatic nitrogens is 3. The van der Waals surface area contributed by atoms with Gasteiger partial charge in [-0.05, 0) is 40.9 Å². The predicted molar refractivity (Wildman–Crippen MR) is 127 cm³/mol. The maximum Gasteiger partial charge on any atom is 0.471 e. The van der Waals surface area contributed by atoms with Gasteiger partial charge < -0.3 is 21.3 Å². The van der Waals surface area contributed by atoms with E-state index >= 15 is 0 Å². The van der Waals surface area contributed by atoms with E-state index in [0.717, 1.165) is 0 Å². The summed E-state index contributed by atoms with van der Waals surface area (Å²) in [6, 6.07) is 0.845. The molecule has 2 aliphatic rings. The quantitative estimate of drug-likeness (QED) is 0.499. The molecule has 3 heterocycles. The van der Waals surface area contributed by atoms with Gasteiger partial charge in [0.05, 0.1) is 17.4 Å². The first-order chi connectivity index (χ1) is 17.4. The van der Waals surface area contributed by atoms with Gasteiger partial charge in [-0.25, -0.2) is 0 Å². The Hall–Kier alpha value is -3.71. The smallest absolute Gasteiger partial charge is 0.368 e. The van der Waals surface area contributed by atoms with Gasteiger partial charge >= 0.3 is 12.1 Å². The molecule has 1 aliphatic heterocycles.